The standard InChI is InChI=1S/C22H33N5O5S/c1-13-14(2)33-20(27-12-24-25-26-27)18(13)19(29)23-9-8-15-10-16(31-22(6,7)30-15)11-17(28)32-21(3,4)5/h12,15-16H,8-11H2,1-7H3,(H,23,29)/t15-,16-/m0/s1. The Labute approximate surface area is 198 Å². The Morgan fingerprint density at radius 3 is 2.61 bits per heavy atom. The molecular formula is C22H33N5O5S. The Hall–Kier alpha value is -2.37. The van der Waals surface area contributed by atoms with Crippen LogP contribution < -0.4 is 5.32 Å². The zero-order valence-corrected chi connectivity index (χ0v) is 21.1. The van der Waals surface area contributed by atoms with Gasteiger partial charge in [0.05, 0.1) is 24.2 Å². The number of rotatable bonds is 7. The first kappa shape index (κ1) is 25.3. The van der Waals surface area contributed by atoms with Gasteiger partial charge in [-0.2, -0.15) is 4.68 Å². The highest BCUT2D eigenvalue weighted by atomic mass is 32.1. The topological polar surface area (TPSA) is 117 Å². The van der Waals surface area contributed by atoms with Crippen molar-refractivity contribution >= 4 is 23.2 Å². The molecule has 1 saturated heterocycles. The van der Waals surface area contributed by atoms with Gasteiger partial charge in [-0.3, -0.25) is 9.59 Å². The highest BCUT2D eigenvalue weighted by Crippen LogP contribution is 2.31. The summed E-state index contributed by atoms with van der Waals surface area (Å²) in [4.78, 5) is 26.3. The van der Waals surface area contributed by atoms with Crippen LogP contribution in [0.3, 0.4) is 0 Å². The predicted molar refractivity (Wildman–Crippen MR) is 122 cm³/mol. The third kappa shape index (κ3) is 6.81. The number of hydrogen-bond donors (Lipinski definition) is 1. The Morgan fingerprint density at radius 1 is 1.27 bits per heavy atom. The first-order chi connectivity index (χ1) is 15.3. The number of nitrogens with one attached hydrogen (secondary N) is 1. The summed E-state index contributed by atoms with van der Waals surface area (Å²) in [6.07, 6.45) is 2.31. The second kappa shape index (κ2) is 9.86. The van der Waals surface area contributed by atoms with Crippen molar-refractivity contribution in [1.82, 2.24) is 25.5 Å². The molecule has 0 bridgehead atoms. The van der Waals surface area contributed by atoms with Crippen LogP contribution >= 0.6 is 11.3 Å². The fourth-order valence-electron chi connectivity index (χ4n) is 3.82. The smallest absolute Gasteiger partial charge is 0.308 e. The van der Waals surface area contributed by atoms with E-state index in [1.807, 2.05) is 48.5 Å². The van der Waals surface area contributed by atoms with Crippen LogP contribution in [-0.4, -0.2) is 62.2 Å². The summed E-state index contributed by atoms with van der Waals surface area (Å²) >= 11 is 1.47. The minimum Gasteiger partial charge on any atom is -0.460 e. The molecule has 3 heterocycles. The molecule has 182 valence electrons. The number of esters is 1. The molecule has 3 rings (SSSR count). The van der Waals surface area contributed by atoms with Crippen molar-refractivity contribution in [2.45, 2.75) is 91.3 Å². The summed E-state index contributed by atoms with van der Waals surface area (Å²) in [6, 6.07) is 0. The fraction of sp³-hybridized carbons (Fsp3) is 0.682. The van der Waals surface area contributed by atoms with E-state index in [2.05, 4.69) is 20.8 Å². The monoisotopic (exact) mass is 479 g/mol. The summed E-state index contributed by atoms with van der Waals surface area (Å²) in [5.41, 5.74) is 0.936. The van der Waals surface area contributed by atoms with Gasteiger partial charge in [0.1, 0.15) is 16.9 Å². The van der Waals surface area contributed by atoms with Gasteiger partial charge in [0.25, 0.3) is 5.91 Å². The largest absolute Gasteiger partial charge is 0.460 e. The van der Waals surface area contributed by atoms with Crippen LogP contribution in [0, 0.1) is 13.8 Å². The van der Waals surface area contributed by atoms with Crippen molar-refractivity contribution in [3.05, 3.63) is 22.3 Å². The molecule has 0 aromatic carbocycles. The zero-order valence-electron chi connectivity index (χ0n) is 20.3. The Kier molecular flexibility index (Phi) is 7.55. The van der Waals surface area contributed by atoms with Crippen molar-refractivity contribution in [3.63, 3.8) is 0 Å². The SMILES string of the molecule is Cc1sc(-n2cnnn2)c(C(=O)NCC[C@H]2C[C@@H](CC(=O)OC(C)(C)C)OC(C)(C)O2)c1C. The van der Waals surface area contributed by atoms with E-state index >= 15 is 0 Å². The van der Waals surface area contributed by atoms with Gasteiger partial charge in [-0.25, -0.2) is 0 Å². The Bertz CT molecular complexity index is 980. The molecule has 1 fully saturated rings. The number of aryl methyl sites for hydroxylation is 1. The van der Waals surface area contributed by atoms with Crippen LogP contribution in [0.4, 0.5) is 0 Å². The molecule has 11 heteroatoms. The molecule has 0 radical (unpaired) electrons. The average Bonchev–Trinajstić information content (AvgIpc) is 3.27. The van der Waals surface area contributed by atoms with Crippen LogP contribution in [-0.2, 0) is 19.0 Å². The van der Waals surface area contributed by atoms with Crippen LogP contribution in [0.25, 0.3) is 5.00 Å². The average molecular weight is 480 g/mol. The number of tetrazole rings is 1. The molecule has 1 amide bonds. The number of hydrogen-bond acceptors (Lipinski definition) is 9. The molecule has 0 aliphatic carbocycles. The van der Waals surface area contributed by atoms with E-state index < -0.39 is 11.4 Å². The van der Waals surface area contributed by atoms with E-state index in [9.17, 15) is 9.59 Å². The lowest BCUT2D eigenvalue weighted by Crippen LogP contribution is -2.46. The minimum absolute atomic E-state index is 0.161. The molecule has 1 aliphatic heterocycles. The number of nitrogens with zero attached hydrogens (tertiary/aromatic N) is 4. The van der Waals surface area contributed by atoms with Crippen molar-refractivity contribution in [3.8, 4) is 5.00 Å². The highest BCUT2D eigenvalue weighted by molar-refractivity contribution is 7.15. The number of carbonyl (C=O) groups is 2. The molecule has 2 aromatic heterocycles. The summed E-state index contributed by atoms with van der Waals surface area (Å²) < 4.78 is 18.9. The Morgan fingerprint density at radius 2 is 1.97 bits per heavy atom. The van der Waals surface area contributed by atoms with Crippen molar-refractivity contribution in [2.24, 2.45) is 0 Å². The fourth-order valence-corrected chi connectivity index (χ4v) is 4.89. The lowest BCUT2D eigenvalue weighted by Gasteiger charge is -2.40. The third-order valence-corrected chi connectivity index (χ3v) is 6.34. The number of aromatic nitrogens is 4. The summed E-state index contributed by atoms with van der Waals surface area (Å²) in [5.74, 6) is -1.30. The van der Waals surface area contributed by atoms with Gasteiger partial charge in [0.15, 0.2) is 5.79 Å². The Balaban J connectivity index is 1.59. The maximum absolute atomic E-state index is 13.0. The van der Waals surface area contributed by atoms with E-state index in [0.29, 0.717) is 30.0 Å². The molecule has 0 unspecified atom stereocenters. The lowest BCUT2D eigenvalue weighted by molar-refractivity contribution is -0.300. The quantitative estimate of drug-likeness (QED) is 0.602. The maximum Gasteiger partial charge on any atom is 0.308 e. The maximum atomic E-state index is 13.0. The van der Waals surface area contributed by atoms with E-state index in [1.54, 1.807) is 0 Å². The first-order valence-corrected chi connectivity index (χ1v) is 11.9. The normalized spacial score (nSPS) is 20.5. The molecule has 1 N–H and O–H groups in total. The van der Waals surface area contributed by atoms with Crippen LogP contribution in [0.5, 0.6) is 0 Å². The highest BCUT2D eigenvalue weighted by Gasteiger charge is 2.37. The zero-order chi connectivity index (χ0) is 24.4. The van der Waals surface area contributed by atoms with Gasteiger partial charge < -0.3 is 19.5 Å². The van der Waals surface area contributed by atoms with Gasteiger partial charge in [0.2, 0.25) is 0 Å². The van der Waals surface area contributed by atoms with E-state index in [-0.39, 0.29) is 30.5 Å². The number of amides is 1. The molecular weight excluding hydrogens is 446 g/mol. The van der Waals surface area contributed by atoms with Crippen LogP contribution in [0.2, 0.25) is 0 Å². The summed E-state index contributed by atoms with van der Waals surface area (Å²) in [6.45, 7) is 13.5. The lowest BCUT2D eigenvalue weighted by atomic mass is 10.0. The van der Waals surface area contributed by atoms with E-state index in [1.165, 1.54) is 22.3 Å². The minimum atomic E-state index is -0.825. The van der Waals surface area contributed by atoms with Gasteiger partial charge >= 0.3 is 5.97 Å². The molecule has 0 saturated carbocycles. The van der Waals surface area contributed by atoms with E-state index in [0.717, 1.165) is 10.4 Å². The van der Waals surface area contributed by atoms with Gasteiger partial charge in [-0.15, -0.1) is 16.4 Å². The predicted octanol–water partition coefficient (Wildman–Crippen LogP) is 3.10. The second-order valence-electron chi connectivity index (χ2n) is 9.67. The molecule has 10 nitrogen and oxygen atoms in total. The molecule has 0 spiro atoms. The molecule has 2 atom stereocenters. The van der Waals surface area contributed by atoms with Gasteiger partial charge in [-0.1, -0.05) is 0 Å². The number of ether oxygens (including phenoxy) is 3. The van der Waals surface area contributed by atoms with Crippen LogP contribution in [0.1, 0.15) is 74.7 Å². The van der Waals surface area contributed by atoms with Gasteiger partial charge in [-0.05, 0) is 70.9 Å². The second-order valence-corrected chi connectivity index (χ2v) is 10.9. The third-order valence-electron chi connectivity index (χ3n) is 5.14. The first-order valence-electron chi connectivity index (χ1n) is 11.0. The number of thiophene rings is 1. The van der Waals surface area contributed by atoms with Crippen LogP contribution in [0.15, 0.2) is 6.33 Å². The van der Waals surface area contributed by atoms with Crippen molar-refractivity contribution < 1.29 is 23.8 Å². The number of carbonyl (C=O) groups excluding carboxylic acids is 2. The van der Waals surface area contributed by atoms with Gasteiger partial charge in [0, 0.05) is 17.8 Å². The molecule has 33 heavy (non-hydrogen) atoms. The summed E-state index contributed by atoms with van der Waals surface area (Å²) in [5, 5.41) is 14.9. The molecule has 1 aliphatic rings. The van der Waals surface area contributed by atoms with Crippen molar-refractivity contribution in [1.29, 1.82) is 0 Å². The summed E-state index contributed by atoms with van der Waals surface area (Å²) in [7, 11) is 0. The molecule has 2 aromatic rings. The van der Waals surface area contributed by atoms with Crippen molar-refractivity contribution in [2.75, 3.05) is 6.54 Å². The van der Waals surface area contributed by atoms with E-state index in [4.69, 9.17) is 14.2 Å².